The van der Waals surface area contributed by atoms with E-state index in [1.807, 2.05) is 0 Å². The van der Waals surface area contributed by atoms with Gasteiger partial charge in [-0.25, -0.2) is 0 Å². The van der Waals surface area contributed by atoms with E-state index < -0.39 is 0 Å². The fourth-order valence-corrected chi connectivity index (χ4v) is 2.76. The second kappa shape index (κ2) is 3.00. The van der Waals surface area contributed by atoms with Crippen molar-refractivity contribution in [1.29, 1.82) is 0 Å². The minimum absolute atomic E-state index is 0.365. The van der Waals surface area contributed by atoms with Crippen molar-refractivity contribution in [2.24, 2.45) is 5.73 Å². The zero-order chi connectivity index (χ0) is 8.60. The molecule has 0 radical (unpaired) electrons. The molecule has 70 valence electrons. The highest BCUT2D eigenvalue weighted by Gasteiger charge is 2.45. The van der Waals surface area contributed by atoms with Crippen LogP contribution in [0.5, 0.6) is 0 Å². The van der Waals surface area contributed by atoms with Gasteiger partial charge in [0.2, 0.25) is 0 Å². The predicted molar refractivity (Wildman–Crippen MR) is 51.0 cm³/mol. The van der Waals surface area contributed by atoms with Crippen molar-refractivity contribution in [2.75, 3.05) is 13.1 Å². The highest BCUT2D eigenvalue weighted by Crippen LogP contribution is 2.41. The van der Waals surface area contributed by atoms with Crippen LogP contribution in [0.1, 0.15) is 39.0 Å². The Morgan fingerprint density at radius 3 is 2.08 bits per heavy atom. The number of hydrogen-bond acceptors (Lipinski definition) is 2. The van der Waals surface area contributed by atoms with Crippen molar-refractivity contribution >= 4 is 0 Å². The molecule has 1 aliphatic heterocycles. The van der Waals surface area contributed by atoms with Gasteiger partial charge in [0.05, 0.1) is 0 Å². The zero-order valence-electron chi connectivity index (χ0n) is 8.05. The average Bonchev–Trinajstić information content (AvgIpc) is 2.35. The van der Waals surface area contributed by atoms with Crippen LogP contribution in [-0.4, -0.2) is 29.6 Å². The highest BCUT2D eigenvalue weighted by molar-refractivity contribution is 5.04. The van der Waals surface area contributed by atoms with E-state index in [0.717, 1.165) is 0 Å². The molecule has 12 heavy (non-hydrogen) atoms. The number of rotatable bonds is 2. The van der Waals surface area contributed by atoms with Gasteiger partial charge in [0.25, 0.3) is 0 Å². The SMILES string of the molecule is CC(N)C1(N2CCCC2)CCC1. The fourth-order valence-electron chi connectivity index (χ4n) is 2.76. The molecule has 2 fully saturated rings. The maximum Gasteiger partial charge on any atom is 0.0357 e. The molecule has 1 saturated carbocycles. The summed E-state index contributed by atoms with van der Waals surface area (Å²) in [6.45, 7) is 4.76. The topological polar surface area (TPSA) is 29.3 Å². The second-order valence-electron chi connectivity index (χ2n) is 4.44. The first kappa shape index (κ1) is 8.52. The van der Waals surface area contributed by atoms with Crippen molar-refractivity contribution in [3.63, 3.8) is 0 Å². The Bertz CT molecular complexity index is 155. The van der Waals surface area contributed by atoms with E-state index in [2.05, 4.69) is 11.8 Å². The van der Waals surface area contributed by atoms with E-state index in [-0.39, 0.29) is 0 Å². The molecule has 2 rings (SSSR count). The molecule has 0 aromatic rings. The van der Waals surface area contributed by atoms with E-state index in [1.165, 1.54) is 45.2 Å². The molecule has 0 amide bonds. The van der Waals surface area contributed by atoms with Gasteiger partial charge in [-0.1, -0.05) is 0 Å². The quantitative estimate of drug-likeness (QED) is 0.674. The van der Waals surface area contributed by atoms with Gasteiger partial charge >= 0.3 is 0 Å². The Labute approximate surface area is 75.1 Å². The molecule has 2 N–H and O–H groups in total. The standard InChI is InChI=1S/C10H20N2/c1-9(11)10(5-4-6-10)12-7-2-3-8-12/h9H,2-8,11H2,1H3. The largest absolute Gasteiger partial charge is 0.326 e. The molecule has 1 atom stereocenters. The maximum absolute atomic E-state index is 6.07. The Balaban J connectivity index is 2.05. The number of nitrogens with zero attached hydrogens (tertiary/aromatic N) is 1. The van der Waals surface area contributed by atoms with Gasteiger partial charge in [-0.05, 0) is 52.1 Å². The predicted octanol–water partition coefficient (Wildman–Crippen LogP) is 1.35. The van der Waals surface area contributed by atoms with Crippen LogP contribution >= 0.6 is 0 Å². The van der Waals surface area contributed by atoms with Crippen LogP contribution in [0.4, 0.5) is 0 Å². The lowest BCUT2D eigenvalue weighted by molar-refractivity contribution is 0.0168. The van der Waals surface area contributed by atoms with Gasteiger partial charge in [0.1, 0.15) is 0 Å². The molecule has 2 nitrogen and oxygen atoms in total. The van der Waals surface area contributed by atoms with Crippen molar-refractivity contribution in [3.05, 3.63) is 0 Å². The molecule has 1 heterocycles. The summed E-state index contributed by atoms with van der Waals surface area (Å²) in [6, 6.07) is 0.365. The highest BCUT2D eigenvalue weighted by atomic mass is 15.2. The van der Waals surface area contributed by atoms with Crippen LogP contribution in [0.2, 0.25) is 0 Å². The Hall–Kier alpha value is -0.0800. The van der Waals surface area contributed by atoms with Crippen LogP contribution in [0.25, 0.3) is 0 Å². The lowest BCUT2D eigenvalue weighted by Gasteiger charge is -2.51. The van der Waals surface area contributed by atoms with E-state index in [9.17, 15) is 0 Å². The van der Waals surface area contributed by atoms with Crippen LogP contribution in [0, 0.1) is 0 Å². The van der Waals surface area contributed by atoms with E-state index in [4.69, 9.17) is 5.73 Å². The van der Waals surface area contributed by atoms with Crippen LogP contribution in [0.3, 0.4) is 0 Å². The molecule has 2 heteroatoms. The summed E-state index contributed by atoms with van der Waals surface area (Å²) < 4.78 is 0. The lowest BCUT2D eigenvalue weighted by atomic mass is 9.71. The second-order valence-corrected chi connectivity index (χ2v) is 4.44. The summed E-state index contributed by atoms with van der Waals surface area (Å²) in [4.78, 5) is 2.64. The number of likely N-dealkylation sites (tertiary alicyclic amines) is 1. The normalized spacial score (nSPS) is 31.5. The van der Waals surface area contributed by atoms with Crippen LogP contribution < -0.4 is 5.73 Å². The molecule has 0 aromatic carbocycles. The Morgan fingerprint density at radius 2 is 1.75 bits per heavy atom. The van der Waals surface area contributed by atoms with Gasteiger partial charge in [-0.2, -0.15) is 0 Å². The molecule has 1 aliphatic carbocycles. The van der Waals surface area contributed by atoms with Crippen molar-refractivity contribution in [2.45, 2.75) is 50.6 Å². The summed E-state index contributed by atoms with van der Waals surface area (Å²) in [7, 11) is 0. The number of hydrogen-bond donors (Lipinski definition) is 1. The van der Waals surface area contributed by atoms with E-state index >= 15 is 0 Å². The lowest BCUT2D eigenvalue weighted by Crippen LogP contribution is -2.62. The first-order valence-corrected chi connectivity index (χ1v) is 5.26. The summed E-state index contributed by atoms with van der Waals surface area (Å²) in [5.41, 5.74) is 6.48. The van der Waals surface area contributed by atoms with Gasteiger partial charge in [0, 0.05) is 11.6 Å². The van der Waals surface area contributed by atoms with Crippen LogP contribution in [-0.2, 0) is 0 Å². The smallest absolute Gasteiger partial charge is 0.0357 e. The minimum atomic E-state index is 0.365. The molecule has 0 spiro atoms. The Morgan fingerprint density at radius 1 is 1.17 bits per heavy atom. The minimum Gasteiger partial charge on any atom is -0.326 e. The first-order valence-electron chi connectivity index (χ1n) is 5.26. The molecule has 1 unspecified atom stereocenters. The van der Waals surface area contributed by atoms with E-state index in [1.54, 1.807) is 0 Å². The third-order valence-electron chi connectivity index (χ3n) is 3.80. The van der Waals surface area contributed by atoms with Gasteiger partial charge in [-0.15, -0.1) is 0 Å². The third kappa shape index (κ3) is 1.09. The average molecular weight is 168 g/mol. The van der Waals surface area contributed by atoms with Gasteiger partial charge in [-0.3, -0.25) is 4.90 Å². The van der Waals surface area contributed by atoms with E-state index in [0.29, 0.717) is 11.6 Å². The van der Waals surface area contributed by atoms with Crippen molar-refractivity contribution < 1.29 is 0 Å². The summed E-state index contributed by atoms with van der Waals surface area (Å²) >= 11 is 0. The van der Waals surface area contributed by atoms with Crippen molar-refractivity contribution in [3.8, 4) is 0 Å². The zero-order valence-corrected chi connectivity index (χ0v) is 8.05. The third-order valence-corrected chi connectivity index (χ3v) is 3.80. The molecule has 1 saturated heterocycles. The molecule has 2 aliphatic rings. The maximum atomic E-state index is 6.07. The van der Waals surface area contributed by atoms with Crippen molar-refractivity contribution in [1.82, 2.24) is 4.90 Å². The van der Waals surface area contributed by atoms with Crippen LogP contribution in [0.15, 0.2) is 0 Å². The molecule has 0 aromatic heterocycles. The fraction of sp³-hybridized carbons (Fsp3) is 1.00. The Kier molecular flexibility index (Phi) is 2.13. The molecule has 0 bridgehead atoms. The molecular formula is C10H20N2. The van der Waals surface area contributed by atoms with Gasteiger partial charge in [0.15, 0.2) is 0 Å². The summed E-state index contributed by atoms with van der Waals surface area (Å²) in [5.74, 6) is 0. The number of nitrogens with two attached hydrogens (primary N) is 1. The molecular weight excluding hydrogens is 148 g/mol. The summed E-state index contributed by atoms with van der Waals surface area (Å²) in [6.07, 6.45) is 6.83. The van der Waals surface area contributed by atoms with Gasteiger partial charge < -0.3 is 5.73 Å². The monoisotopic (exact) mass is 168 g/mol. The summed E-state index contributed by atoms with van der Waals surface area (Å²) in [5, 5.41) is 0. The first-order chi connectivity index (χ1) is 5.76.